The number of amides is 1. The minimum Gasteiger partial charge on any atom is -0.459 e. The highest BCUT2D eigenvalue weighted by atomic mass is 16.7. The van der Waals surface area contributed by atoms with Gasteiger partial charge in [0.05, 0.1) is 47.6 Å². The van der Waals surface area contributed by atoms with Crippen LogP contribution in [0.1, 0.15) is 100 Å². The van der Waals surface area contributed by atoms with Crippen LogP contribution in [0.3, 0.4) is 0 Å². The van der Waals surface area contributed by atoms with E-state index < -0.39 is 102 Å². The maximum absolute atomic E-state index is 14.5. The number of aromatic nitrogens is 1. The lowest BCUT2D eigenvalue weighted by Gasteiger charge is -2.49. The zero-order valence-electron chi connectivity index (χ0n) is 41.9. The second-order valence-electron chi connectivity index (χ2n) is 20.5. The number of methoxy groups -OCH3 is 1. The summed E-state index contributed by atoms with van der Waals surface area (Å²) in [6.45, 7) is 19.3. The number of carbonyl (C=O) groups excluding carboxylic acids is 3. The first kappa shape index (κ1) is 53.0. The molecular weight excluding hydrogens is 865 g/mol. The van der Waals surface area contributed by atoms with Crippen molar-refractivity contribution in [2.24, 2.45) is 23.7 Å². The number of carbonyl (C=O) groups is 3. The molecule has 67 heavy (non-hydrogen) atoms. The molecule has 4 aliphatic rings. The van der Waals surface area contributed by atoms with Gasteiger partial charge in [0.1, 0.15) is 17.8 Å². The van der Waals surface area contributed by atoms with Gasteiger partial charge in [0.15, 0.2) is 30.1 Å². The fourth-order valence-electron chi connectivity index (χ4n) is 11.1. The van der Waals surface area contributed by atoms with Gasteiger partial charge < -0.3 is 63.6 Å². The Morgan fingerprint density at radius 3 is 2.37 bits per heavy atom. The van der Waals surface area contributed by atoms with E-state index in [0.717, 1.165) is 16.5 Å². The van der Waals surface area contributed by atoms with Gasteiger partial charge in [-0.1, -0.05) is 45.9 Å². The molecule has 4 aliphatic heterocycles. The zero-order valence-corrected chi connectivity index (χ0v) is 41.9. The molecule has 1 amide bonds. The molecule has 17 nitrogen and oxygen atoms in total. The van der Waals surface area contributed by atoms with Crippen LogP contribution in [0.2, 0.25) is 0 Å². The lowest BCUT2D eigenvalue weighted by molar-refractivity contribution is -0.317. The predicted molar refractivity (Wildman–Crippen MR) is 249 cm³/mol. The molecule has 4 fully saturated rings. The van der Waals surface area contributed by atoms with Crippen LogP contribution in [0.25, 0.3) is 10.9 Å². The van der Waals surface area contributed by atoms with Crippen molar-refractivity contribution in [3.63, 3.8) is 0 Å². The number of benzene rings is 1. The Kier molecular flexibility index (Phi) is 17.2. The topological polar surface area (TPSA) is 206 Å². The molecule has 6 rings (SSSR count). The Bertz CT molecular complexity index is 2010. The second-order valence-corrected chi connectivity index (χ2v) is 20.5. The Hall–Kier alpha value is -3.36. The van der Waals surface area contributed by atoms with Crippen molar-refractivity contribution in [2.45, 2.75) is 186 Å². The lowest BCUT2D eigenvalue weighted by atomic mass is 9.75. The molecule has 2 bridgehead atoms. The smallest absolute Gasteiger partial charge is 0.407 e. The van der Waals surface area contributed by atoms with E-state index in [1.807, 2.05) is 91.0 Å². The molecule has 4 saturated heterocycles. The number of Topliss-reactive ketones (excluding diaryl/α,β-unsaturated/α-hetero) is 1. The Morgan fingerprint density at radius 2 is 1.69 bits per heavy atom. The van der Waals surface area contributed by atoms with Gasteiger partial charge in [-0.05, 0) is 98.5 Å². The molecule has 1 unspecified atom stereocenters. The van der Waals surface area contributed by atoms with Crippen LogP contribution in [-0.4, -0.2) is 156 Å². The summed E-state index contributed by atoms with van der Waals surface area (Å²) >= 11 is 0. The van der Waals surface area contributed by atoms with E-state index in [-0.39, 0.29) is 36.7 Å². The van der Waals surface area contributed by atoms with Crippen molar-refractivity contribution in [3.8, 4) is 0 Å². The van der Waals surface area contributed by atoms with E-state index in [0.29, 0.717) is 32.5 Å². The molecule has 18 atom stereocenters. The number of likely N-dealkylation sites (N-methyl/N-ethyl adjacent to an activating group) is 1. The first-order valence-electron chi connectivity index (χ1n) is 24.2. The van der Waals surface area contributed by atoms with Gasteiger partial charge in [-0.2, -0.15) is 0 Å². The standard InChI is InChI=1S/C50H78N4O13/c1-14-37-50(10)42(56)29(4)40(67-50)27(2)23-48(8,59)43(65-46-39(55)36(54(11)12)21-28(3)61-46)30(5)41(31(6)45(57)63-37)64-38-24-49(9,60-13)44(32(7)62-38)66-47(58)52-20-19-51-25-33-22-34-17-15-16-18-35(34)53-26-33/h15-18,22,26-32,36-41,43-44,46,51,55,59H,14,19-21,23-25H2,1-13H3,(H,52,58)/t27-,28-,29-,30+,31-,32+,36+,37+,38+,39-,40-,41+,43-,44?,46+,48+,49-,50+/m1/s1. The van der Waals surface area contributed by atoms with Crippen LogP contribution in [0, 0.1) is 23.7 Å². The average molecular weight is 943 g/mol. The van der Waals surface area contributed by atoms with Crippen molar-refractivity contribution in [1.29, 1.82) is 0 Å². The summed E-state index contributed by atoms with van der Waals surface area (Å²) in [6, 6.07) is 9.70. The molecule has 2 aromatic rings. The summed E-state index contributed by atoms with van der Waals surface area (Å²) in [7, 11) is 5.29. The van der Waals surface area contributed by atoms with E-state index in [1.165, 1.54) is 7.11 Å². The molecule has 376 valence electrons. The number of esters is 1. The summed E-state index contributed by atoms with van der Waals surface area (Å²) < 4.78 is 51.3. The SMILES string of the molecule is CC[C@@H]1OC(=O)[C@H](C)[C@@H](O[C@H]2C[C@@](C)(OC)C(OC(=O)NCCNCc3cnc4ccccc4c3)[C@H](C)O2)[C@H](C)[C@@H](O[C@@H]2O[C@H](C)C[C@H](N(C)C)[C@H]2O)[C@@](C)(O)C[C@@H](C)[C@H]2O[C@]1(C)C(=O)[C@@H]2C. The number of aliphatic hydroxyl groups is 2. The molecule has 1 aromatic carbocycles. The van der Waals surface area contributed by atoms with Crippen LogP contribution < -0.4 is 10.6 Å². The van der Waals surface area contributed by atoms with Gasteiger partial charge in [-0.3, -0.25) is 14.6 Å². The van der Waals surface area contributed by atoms with E-state index in [1.54, 1.807) is 27.7 Å². The number of pyridine rings is 1. The molecule has 0 spiro atoms. The average Bonchev–Trinajstić information content (AvgIpc) is 3.52. The van der Waals surface area contributed by atoms with Gasteiger partial charge in [-0.25, -0.2) is 4.79 Å². The van der Waals surface area contributed by atoms with Crippen LogP contribution in [0.4, 0.5) is 4.79 Å². The van der Waals surface area contributed by atoms with Gasteiger partial charge in [0.25, 0.3) is 0 Å². The summed E-state index contributed by atoms with van der Waals surface area (Å²) in [5.74, 6) is -3.51. The third-order valence-corrected chi connectivity index (χ3v) is 14.9. The third kappa shape index (κ3) is 11.6. The Labute approximate surface area is 396 Å². The molecule has 5 heterocycles. The lowest BCUT2D eigenvalue weighted by Crippen LogP contribution is -2.61. The number of hydrogen-bond acceptors (Lipinski definition) is 16. The maximum Gasteiger partial charge on any atom is 0.407 e. The number of fused-ring (bicyclic) bond motifs is 3. The van der Waals surface area contributed by atoms with Gasteiger partial charge in [-0.15, -0.1) is 0 Å². The number of para-hydroxylation sites is 1. The van der Waals surface area contributed by atoms with Gasteiger partial charge in [0, 0.05) is 62.6 Å². The van der Waals surface area contributed by atoms with Gasteiger partial charge in [0.2, 0.25) is 0 Å². The van der Waals surface area contributed by atoms with Crippen LogP contribution >= 0.6 is 0 Å². The number of aliphatic hydroxyl groups excluding tert-OH is 1. The first-order valence-corrected chi connectivity index (χ1v) is 24.2. The highest BCUT2D eigenvalue weighted by molar-refractivity contribution is 5.92. The van der Waals surface area contributed by atoms with Crippen molar-refractivity contribution in [3.05, 3.63) is 42.1 Å². The number of ketones is 1. The minimum atomic E-state index is -1.65. The zero-order chi connectivity index (χ0) is 49.2. The number of hydrogen-bond donors (Lipinski definition) is 4. The fraction of sp³-hybridized carbons (Fsp3) is 0.760. The Balaban J connectivity index is 1.22. The number of nitrogens with one attached hydrogen (secondary N) is 2. The number of rotatable bonds is 13. The van der Waals surface area contributed by atoms with Crippen molar-refractivity contribution >= 4 is 28.7 Å². The second kappa shape index (κ2) is 21.7. The number of alkyl carbamates (subject to hydrolysis) is 1. The van der Waals surface area contributed by atoms with E-state index >= 15 is 0 Å². The van der Waals surface area contributed by atoms with E-state index in [9.17, 15) is 24.6 Å². The monoisotopic (exact) mass is 943 g/mol. The fourth-order valence-corrected chi connectivity index (χ4v) is 11.1. The highest BCUT2D eigenvalue weighted by Crippen LogP contribution is 2.45. The number of ether oxygens (including phenoxy) is 8. The van der Waals surface area contributed by atoms with E-state index in [2.05, 4.69) is 21.7 Å². The minimum absolute atomic E-state index is 0.0844. The highest BCUT2D eigenvalue weighted by Gasteiger charge is 2.59. The number of cyclic esters (lactones) is 1. The quantitative estimate of drug-likeness (QED) is 0.156. The molecule has 1 aromatic heterocycles. The van der Waals surface area contributed by atoms with Gasteiger partial charge >= 0.3 is 12.1 Å². The molecule has 0 aliphatic carbocycles. The van der Waals surface area contributed by atoms with Crippen LogP contribution in [0.15, 0.2) is 36.5 Å². The van der Waals surface area contributed by atoms with Crippen molar-refractivity contribution in [1.82, 2.24) is 20.5 Å². The molecule has 17 heteroatoms. The summed E-state index contributed by atoms with van der Waals surface area (Å²) in [4.78, 5) is 48.2. The van der Waals surface area contributed by atoms with Crippen molar-refractivity contribution < 1.29 is 62.5 Å². The molecular formula is C50H78N4O13. The summed E-state index contributed by atoms with van der Waals surface area (Å²) in [6.07, 6.45) is -6.50. The number of nitrogens with zero attached hydrogens (tertiary/aromatic N) is 2. The molecule has 4 N–H and O–H groups in total. The van der Waals surface area contributed by atoms with Crippen molar-refractivity contribution in [2.75, 3.05) is 34.3 Å². The summed E-state index contributed by atoms with van der Waals surface area (Å²) in [5, 5.41) is 31.7. The predicted octanol–water partition coefficient (Wildman–Crippen LogP) is 4.90. The van der Waals surface area contributed by atoms with E-state index in [4.69, 9.17) is 37.9 Å². The first-order chi connectivity index (χ1) is 31.5. The maximum atomic E-state index is 14.5. The van der Waals surface area contributed by atoms with Crippen LogP contribution in [0.5, 0.6) is 0 Å². The largest absolute Gasteiger partial charge is 0.459 e. The van der Waals surface area contributed by atoms with Crippen LogP contribution in [-0.2, 0) is 54.0 Å². The normalized spacial score (nSPS) is 41.0. The third-order valence-electron chi connectivity index (χ3n) is 14.9. The molecule has 0 radical (unpaired) electrons. The molecule has 0 saturated carbocycles. The Morgan fingerprint density at radius 1 is 0.970 bits per heavy atom. The summed E-state index contributed by atoms with van der Waals surface area (Å²) in [5.41, 5.74) is -2.23.